The summed E-state index contributed by atoms with van der Waals surface area (Å²) in [5, 5.41) is 0.848. The lowest BCUT2D eigenvalue weighted by molar-refractivity contribution is -0.148. The first-order chi connectivity index (χ1) is 20.7. The van der Waals surface area contributed by atoms with Crippen molar-refractivity contribution in [3.05, 3.63) is 89.9 Å². The largest absolute Gasteiger partial charge is 0.443 e. The molecule has 4 aromatic rings. The third-order valence-electron chi connectivity index (χ3n) is 8.38. The van der Waals surface area contributed by atoms with Crippen LogP contribution in [0.25, 0.3) is 11.0 Å². The number of ketones is 1. The number of nitrogens with one attached hydrogen (secondary N) is 1. The molecule has 1 saturated carbocycles. The van der Waals surface area contributed by atoms with Crippen LogP contribution in [0.1, 0.15) is 60.0 Å². The minimum absolute atomic E-state index is 0.0134. The van der Waals surface area contributed by atoms with Crippen LogP contribution < -0.4 is 9.62 Å². The van der Waals surface area contributed by atoms with Crippen LogP contribution in [0.2, 0.25) is 0 Å². The zero-order valence-electron chi connectivity index (χ0n) is 24.6. The van der Waals surface area contributed by atoms with E-state index in [0.717, 1.165) is 36.9 Å². The highest BCUT2D eigenvalue weighted by Gasteiger charge is 2.28. The molecule has 1 atom stereocenters. The molecule has 43 heavy (non-hydrogen) atoms. The Kier molecular flexibility index (Phi) is 9.22. The standard InChI is InChI=1S/C32H37N5O5S/c1-22(25-10-7-11-26(18-25)29(38)24-8-5-4-6-9-24)32(39)42-21-37-17-16-28-30(34-20-35-31(28)37)36(3)27-14-12-23(13-15-27)19-43(40,41)33-2/h4-11,16-18,20,22-23,27,33H,12-15,19,21H2,1-3H3. The van der Waals surface area contributed by atoms with Crippen LogP contribution >= 0.6 is 0 Å². The van der Waals surface area contributed by atoms with Gasteiger partial charge in [0.25, 0.3) is 0 Å². The molecule has 2 heterocycles. The van der Waals surface area contributed by atoms with Crippen molar-refractivity contribution >= 4 is 38.6 Å². The van der Waals surface area contributed by atoms with Crippen molar-refractivity contribution in [2.24, 2.45) is 5.92 Å². The van der Waals surface area contributed by atoms with Crippen molar-refractivity contribution in [2.45, 2.75) is 51.3 Å². The van der Waals surface area contributed by atoms with Crippen LogP contribution in [-0.4, -0.2) is 60.6 Å². The van der Waals surface area contributed by atoms with E-state index in [1.165, 1.54) is 13.4 Å². The Bertz CT molecular complexity index is 1700. The summed E-state index contributed by atoms with van der Waals surface area (Å²) >= 11 is 0. The SMILES string of the molecule is CNS(=O)(=O)CC1CCC(N(C)c2ncnc3c2ccn3COC(=O)C(C)c2cccc(C(=O)c3ccccc3)c2)CC1. The lowest BCUT2D eigenvalue weighted by Crippen LogP contribution is -2.38. The number of aromatic nitrogens is 3. The summed E-state index contributed by atoms with van der Waals surface area (Å²) in [4.78, 5) is 37.1. The number of sulfonamides is 1. The van der Waals surface area contributed by atoms with E-state index >= 15 is 0 Å². The molecule has 2 aromatic heterocycles. The van der Waals surface area contributed by atoms with Gasteiger partial charge in [0.1, 0.15) is 17.8 Å². The van der Waals surface area contributed by atoms with Crippen molar-refractivity contribution in [3.8, 4) is 0 Å². The van der Waals surface area contributed by atoms with E-state index in [9.17, 15) is 18.0 Å². The molecule has 11 heteroatoms. The Morgan fingerprint density at radius 3 is 2.47 bits per heavy atom. The van der Waals surface area contributed by atoms with E-state index < -0.39 is 21.9 Å². The summed E-state index contributed by atoms with van der Waals surface area (Å²) < 4.78 is 33.8. The van der Waals surface area contributed by atoms with Gasteiger partial charge >= 0.3 is 5.97 Å². The Morgan fingerprint density at radius 2 is 1.74 bits per heavy atom. The highest BCUT2D eigenvalue weighted by molar-refractivity contribution is 7.89. The van der Waals surface area contributed by atoms with Gasteiger partial charge in [-0.15, -0.1) is 0 Å². The zero-order valence-corrected chi connectivity index (χ0v) is 25.5. The second-order valence-electron chi connectivity index (χ2n) is 11.1. The number of carbonyl (C=O) groups is 2. The first-order valence-corrected chi connectivity index (χ1v) is 16.1. The van der Waals surface area contributed by atoms with Crippen LogP contribution in [0.3, 0.4) is 0 Å². The molecule has 10 nitrogen and oxygen atoms in total. The molecule has 1 aliphatic rings. The lowest BCUT2D eigenvalue weighted by Gasteiger charge is -2.35. The highest BCUT2D eigenvalue weighted by atomic mass is 32.2. The first kappa shape index (κ1) is 30.4. The number of carbonyl (C=O) groups excluding carboxylic acids is 2. The minimum Gasteiger partial charge on any atom is -0.443 e. The molecular formula is C32H37N5O5S. The average molecular weight is 604 g/mol. The van der Waals surface area contributed by atoms with E-state index in [4.69, 9.17) is 4.74 Å². The van der Waals surface area contributed by atoms with Crippen molar-refractivity contribution < 1.29 is 22.7 Å². The van der Waals surface area contributed by atoms with Gasteiger partial charge in [-0.2, -0.15) is 0 Å². The Morgan fingerprint density at radius 1 is 1.02 bits per heavy atom. The maximum absolute atomic E-state index is 13.0. The van der Waals surface area contributed by atoms with Crippen LogP contribution in [0.5, 0.6) is 0 Å². The molecule has 0 radical (unpaired) electrons. The first-order valence-electron chi connectivity index (χ1n) is 14.5. The van der Waals surface area contributed by atoms with Gasteiger partial charge in [0.05, 0.1) is 17.1 Å². The van der Waals surface area contributed by atoms with Crippen molar-refractivity contribution in [3.63, 3.8) is 0 Å². The monoisotopic (exact) mass is 603 g/mol. The molecule has 1 unspecified atom stereocenters. The summed E-state index contributed by atoms with van der Waals surface area (Å²) in [6, 6.07) is 18.3. The fourth-order valence-electron chi connectivity index (χ4n) is 5.74. The van der Waals surface area contributed by atoms with Crippen LogP contribution in [0, 0.1) is 5.92 Å². The maximum Gasteiger partial charge on any atom is 0.314 e. The summed E-state index contributed by atoms with van der Waals surface area (Å²) in [6.07, 6.45) is 6.76. The van der Waals surface area contributed by atoms with Crippen LogP contribution in [-0.2, 0) is 26.3 Å². The van der Waals surface area contributed by atoms with Crippen LogP contribution in [0.15, 0.2) is 73.2 Å². The predicted molar refractivity (Wildman–Crippen MR) is 165 cm³/mol. The molecule has 226 valence electrons. The molecule has 1 N–H and O–H groups in total. The molecule has 0 amide bonds. The third kappa shape index (κ3) is 6.94. The van der Waals surface area contributed by atoms with Gasteiger partial charge in [-0.3, -0.25) is 14.2 Å². The molecule has 1 fully saturated rings. The van der Waals surface area contributed by atoms with Crippen molar-refractivity contribution in [1.29, 1.82) is 0 Å². The normalized spacial score (nSPS) is 17.8. The second-order valence-corrected chi connectivity index (χ2v) is 13.1. The van der Waals surface area contributed by atoms with E-state index in [-0.39, 0.29) is 30.2 Å². The maximum atomic E-state index is 13.0. The number of fused-ring (bicyclic) bond motifs is 1. The molecule has 0 bridgehead atoms. The predicted octanol–water partition coefficient (Wildman–Crippen LogP) is 4.51. The zero-order chi connectivity index (χ0) is 30.6. The number of benzene rings is 2. The number of hydrogen-bond acceptors (Lipinski definition) is 8. The number of esters is 1. The molecule has 0 spiro atoms. The van der Waals surface area contributed by atoms with E-state index in [1.54, 1.807) is 41.8 Å². The van der Waals surface area contributed by atoms with Crippen molar-refractivity contribution in [2.75, 3.05) is 24.7 Å². The Hall–Kier alpha value is -4.09. The van der Waals surface area contributed by atoms with Gasteiger partial charge in [0.15, 0.2) is 12.5 Å². The number of ether oxygens (including phenoxy) is 1. The van der Waals surface area contributed by atoms with Gasteiger partial charge in [-0.05, 0) is 63.3 Å². The van der Waals surface area contributed by atoms with Gasteiger partial charge in [0, 0.05) is 30.4 Å². The van der Waals surface area contributed by atoms with Gasteiger partial charge < -0.3 is 9.64 Å². The Labute approximate surface area is 252 Å². The number of hydrogen-bond donors (Lipinski definition) is 1. The quantitative estimate of drug-likeness (QED) is 0.196. The highest BCUT2D eigenvalue weighted by Crippen LogP contribution is 2.32. The molecule has 5 rings (SSSR count). The average Bonchev–Trinajstić information content (AvgIpc) is 3.46. The van der Waals surface area contributed by atoms with E-state index in [1.807, 2.05) is 43.6 Å². The Balaban J connectivity index is 1.22. The fourth-order valence-corrected chi connectivity index (χ4v) is 6.86. The van der Waals surface area contributed by atoms with E-state index in [0.29, 0.717) is 22.3 Å². The summed E-state index contributed by atoms with van der Waals surface area (Å²) in [6.45, 7) is 1.75. The molecule has 0 saturated heterocycles. The summed E-state index contributed by atoms with van der Waals surface area (Å²) in [5.41, 5.74) is 2.47. The van der Waals surface area contributed by atoms with Crippen LogP contribution in [0.4, 0.5) is 5.82 Å². The lowest BCUT2D eigenvalue weighted by atomic mass is 9.86. The third-order valence-corrected chi connectivity index (χ3v) is 9.92. The second kappa shape index (κ2) is 13.0. The molecular weight excluding hydrogens is 566 g/mol. The fraction of sp³-hybridized carbons (Fsp3) is 0.375. The van der Waals surface area contributed by atoms with Gasteiger partial charge in [-0.1, -0.05) is 48.5 Å². The summed E-state index contributed by atoms with van der Waals surface area (Å²) in [7, 11) is 0.243. The van der Waals surface area contributed by atoms with Crippen molar-refractivity contribution in [1.82, 2.24) is 19.3 Å². The van der Waals surface area contributed by atoms with Gasteiger partial charge in [0.2, 0.25) is 10.0 Å². The summed E-state index contributed by atoms with van der Waals surface area (Å²) in [5.74, 6) is 0.0217. The minimum atomic E-state index is -3.22. The molecule has 1 aliphatic carbocycles. The molecule has 2 aromatic carbocycles. The van der Waals surface area contributed by atoms with Gasteiger partial charge in [-0.25, -0.2) is 23.1 Å². The molecule has 0 aliphatic heterocycles. The number of anilines is 1. The number of rotatable bonds is 11. The topological polar surface area (TPSA) is 123 Å². The number of nitrogens with zero attached hydrogens (tertiary/aromatic N) is 4. The smallest absolute Gasteiger partial charge is 0.314 e. The van der Waals surface area contributed by atoms with E-state index in [2.05, 4.69) is 19.6 Å².